The minimum absolute atomic E-state index is 0.0400. The molecule has 5 heteroatoms. The van der Waals surface area contributed by atoms with Gasteiger partial charge in [0, 0.05) is 31.1 Å². The number of aliphatic hydroxyl groups excluding tert-OH is 1. The van der Waals surface area contributed by atoms with Gasteiger partial charge in [0.25, 0.3) is 5.91 Å². The molecule has 0 saturated heterocycles. The molecule has 5 nitrogen and oxygen atoms in total. The molecular formula is C18H21N3O2. The molecule has 1 aromatic carbocycles. The summed E-state index contributed by atoms with van der Waals surface area (Å²) in [6, 6.07) is 11.6. The number of anilines is 2. The van der Waals surface area contributed by atoms with E-state index in [2.05, 4.69) is 16.4 Å². The summed E-state index contributed by atoms with van der Waals surface area (Å²) >= 11 is 0. The van der Waals surface area contributed by atoms with Gasteiger partial charge in [-0.15, -0.1) is 0 Å². The van der Waals surface area contributed by atoms with E-state index in [0.29, 0.717) is 24.3 Å². The van der Waals surface area contributed by atoms with Crippen molar-refractivity contribution in [3.8, 4) is 0 Å². The highest BCUT2D eigenvalue weighted by Gasteiger charge is 2.27. The van der Waals surface area contributed by atoms with Crippen LogP contribution in [0.25, 0.3) is 0 Å². The largest absolute Gasteiger partial charge is 0.396 e. The number of carbonyl (C=O) groups is 1. The molecule has 3 rings (SSSR count). The minimum atomic E-state index is -0.0400. The molecule has 23 heavy (non-hydrogen) atoms. The maximum Gasteiger partial charge on any atom is 0.262 e. The van der Waals surface area contributed by atoms with Crippen molar-refractivity contribution >= 4 is 17.4 Å². The van der Waals surface area contributed by atoms with Crippen LogP contribution in [-0.2, 0) is 6.42 Å². The number of hydrogen-bond acceptors (Lipinski definition) is 4. The average molecular weight is 311 g/mol. The molecule has 0 unspecified atom stereocenters. The van der Waals surface area contributed by atoms with Gasteiger partial charge in [0.1, 0.15) is 5.82 Å². The molecular weight excluding hydrogens is 290 g/mol. The molecule has 0 radical (unpaired) electrons. The van der Waals surface area contributed by atoms with Crippen molar-refractivity contribution in [2.75, 3.05) is 23.4 Å². The number of rotatable bonds is 5. The van der Waals surface area contributed by atoms with E-state index in [1.807, 2.05) is 30.0 Å². The lowest BCUT2D eigenvalue weighted by Gasteiger charge is -2.20. The Kier molecular flexibility index (Phi) is 4.57. The van der Waals surface area contributed by atoms with Crippen LogP contribution in [-0.4, -0.2) is 35.2 Å². The van der Waals surface area contributed by atoms with E-state index in [1.165, 1.54) is 5.56 Å². The third-order valence-corrected chi connectivity index (χ3v) is 4.12. The zero-order chi connectivity index (χ0) is 16.2. The summed E-state index contributed by atoms with van der Waals surface area (Å²) < 4.78 is 0. The van der Waals surface area contributed by atoms with Crippen LogP contribution in [0.5, 0.6) is 0 Å². The molecule has 0 aliphatic carbocycles. The second kappa shape index (κ2) is 6.79. The van der Waals surface area contributed by atoms with E-state index in [9.17, 15) is 4.79 Å². The Balaban J connectivity index is 1.86. The smallest absolute Gasteiger partial charge is 0.262 e. The van der Waals surface area contributed by atoms with E-state index in [-0.39, 0.29) is 18.6 Å². The summed E-state index contributed by atoms with van der Waals surface area (Å²) in [6.07, 6.45) is 3.16. The molecule has 1 aliphatic heterocycles. The number of amides is 1. The van der Waals surface area contributed by atoms with Gasteiger partial charge in [0.15, 0.2) is 0 Å². The molecule has 1 aromatic heterocycles. The Morgan fingerprint density at radius 1 is 1.35 bits per heavy atom. The SMILES string of the molecule is C[C@@H](CCO)Nc1ncccc1C(=O)N1CCc2ccccc21. The molecule has 2 N–H and O–H groups in total. The number of aromatic nitrogens is 1. The third kappa shape index (κ3) is 3.19. The van der Waals surface area contributed by atoms with Gasteiger partial charge in [-0.25, -0.2) is 4.98 Å². The van der Waals surface area contributed by atoms with Gasteiger partial charge in [-0.1, -0.05) is 18.2 Å². The predicted molar refractivity (Wildman–Crippen MR) is 90.8 cm³/mol. The number of hydrogen-bond donors (Lipinski definition) is 2. The Morgan fingerprint density at radius 2 is 2.17 bits per heavy atom. The van der Waals surface area contributed by atoms with Gasteiger partial charge < -0.3 is 15.3 Å². The lowest BCUT2D eigenvalue weighted by Crippen LogP contribution is -2.30. The summed E-state index contributed by atoms with van der Waals surface area (Å²) in [5.41, 5.74) is 2.75. The summed E-state index contributed by atoms with van der Waals surface area (Å²) in [4.78, 5) is 19.1. The van der Waals surface area contributed by atoms with Crippen molar-refractivity contribution in [2.45, 2.75) is 25.8 Å². The first-order chi connectivity index (χ1) is 11.2. The first kappa shape index (κ1) is 15.5. The normalized spacial score (nSPS) is 14.4. The van der Waals surface area contributed by atoms with Gasteiger partial charge in [0.05, 0.1) is 5.56 Å². The highest BCUT2D eigenvalue weighted by atomic mass is 16.3. The first-order valence-electron chi connectivity index (χ1n) is 7.93. The second-order valence-electron chi connectivity index (χ2n) is 5.79. The Hall–Kier alpha value is -2.40. The molecule has 1 atom stereocenters. The Labute approximate surface area is 136 Å². The molecule has 1 aliphatic rings. The van der Waals surface area contributed by atoms with Gasteiger partial charge in [0.2, 0.25) is 0 Å². The zero-order valence-electron chi connectivity index (χ0n) is 13.2. The fraction of sp³-hybridized carbons (Fsp3) is 0.333. The van der Waals surface area contributed by atoms with Gasteiger partial charge >= 0.3 is 0 Å². The molecule has 0 bridgehead atoms. The van der Waals surface area contributed by atoms with E-state index in [4.69, 9.17) is 5.11 Å². The van der Waals surface area contributed by atoms with Crippen LogP contribution < -0.4 is 10.2 Å². The minimum Gasteiger partial charge on any atom is -0.396 e. The number of nitrogens with one attached hydrogen (secondary N) is 1. The summed E-state index contributed by atoms with van der Waals surface area (Å²) in [5.74, 6) is 0.532. The highest BCUT2D eigenvalue weighted by Crippen LogP contribution is 2.30. The number of nitrogens with zero attached hydrogens (tertiary/aromatic N) is 2. The summed E-state index contributed by atoms with van der Waals surface area (Å²) in [7, 11) is 0. The fourth-order valence-electron chi connectivity index (χ4n) is 2.89. The van der Waals surface area contributed by atoms with E-state index < -0.39 is 0 Å². The van der Waals surface area contributed by atoms with Crippen LogP contribution in [0.3, 0.4) is 0 Å². The number of fused-ring (bicyclic) bond motifs is 1. The topological polar surface area (TPSA) is 65.5 Å². The van der Waals surface area contributed by atoms with Crippen molar-refractivity contribution in [3.63, 3.8) is 0 Å². The van der Waals surface area contributed by atoms with Crippen molar-refractivity contribution in [3.05, 3.63) is 53.7 Å². The lowest BCUT2D eigenvalue weighted by atomic mass is 10.1. The zero-order valence-corrected chi connectivity index (χ0v) is 13.2. The quantitative estimate of drug-likeness (QED) is 0.890. The Morgan fingerprint density at radius 3 is 3.00 bits per heavy atom. The van der Waals surface area contributed by atoms with Crippen molar-refractivity contribution in [1.29, 1.82) is 0 Å². The summed E-state index contributed by atoms with van der Waals surface area (Å²) in [5, 5.41) is 12.3. The van der Waals surface area contributed by atoms with Crippen LogP contribution in [0.4, 0.5) is 11.5 Å². The maximum absolute atomic E-state index is 13.0. The van der Waals surface area contributed by atoms with Gasteiger partial charge in [-0.3, -0.25) is 4.79 Å². The third-order valence-electron chi connectivity index (χ3n) is 4.12. The number of carbonyl (C=O) groups excluding carboxylic acids is 1. The maximum atomic E-state index is 13.0. The number of para-hydroxylation sites is 1. The van der Waals surface area contributed by atoms with Crippen LogP contribution >= 0.6 is 0 Å². The van der Waals surface area contributed by atoms with E-state index in [0.717, 1.165) is 12.1 Å². The van der Waals surface area contributed by atoms with Crippen molar-refractivity contribution < 1.29 is 9.90 Å². The highest BCUT2D eigenvalue weighted by molar-refractivity contribution is 6.10. The van der Waals surface area contributed by atoms with Crippen LogP contribution in [0.1, 0.15) is 29.3 Å². The van der Waals surface area contributed by atoms with E-state index >= 15 is 0 Å². The van der Waals surface area contributed by atoms with Crippen LogP contribution in [0.2, 0.25) is 0 Å². The lowest BCUT2D eigenvalue weighted by molar-refractivity contribution is 0.0990. The van der Waals surface area contributed by atoms with Crippen molar-refractivity contribution in [1.82, 2.24) is 4.98 Å². The first-order valence-corrected chi connectivity index (χ1v) is 7.93. The molecule has 2 aromatic rings. The van der Waals surface area contributed by atoms with Crippen LogP contribution in [0, 0.1) is 0 Å². The fourth-order valence-corrected chi connectivity index (χ4v) is 2.89. The van der Waals surface area contributed by atoms with Gasteiger partial charge in [-0.05, 0) is 43.5 Å². The predicted octanol–water partition coefficient (Wildman–Crippen LogP) is 2.47. The molecule has 0 fully saturated rings. The average Bonchev–Trinajstić information content (AvgIpc) is 2.99. The Bertz CT molecular complexity index is 702. The second-order valence-corrected chi connectivity index (χ2v) is 5.79. The number of aliphatic hydroxyl groups is 1. The summed E-state index contributed by atoms with van der Waals surface area (Å²) in [6.45, 7) is 2.76. The monoisotopic (exact) mass is 311 g/mol. The molecule has 2 heterocycles. The molecule has 120 valence electrons. The van der Waals surface area contributed by atoms with Crippen molar-refractivity contribution in [2.24, 2.45) is 0 Å². The standard InChI is InChI=1S/C18H21N3O2/c1-13(9-12-22)20-17-15(6-4-10-19-17)18(23)21-11-8-14-5-2-3-7-16(14)21/h2-7,10,13,22H,8-9,11-12H2,1H3,(H,19,20)/t13-/m0/s1. The van der Waals surface area contributed by atoms with Gasteiger partial charge in [-0.2, -0.15) is 0 Å². The molecule has 0 saturated carbocycles. The molecule has 0 spiro atoms. The van der Waals surface area contributed by atoms with E-state index in [1.54, 1.807) is 18.3 Å². The van der Waals surface area contributed by atoms with Crippen LogP contribution in [0.15, 0.2) is 42.6 Å². The molecule has 1 amide bonds. The number of benzene rings is 1. The number of pyridine rings is 1.